The molecule has 0 fully saturated rings. The highest BCUT2D eigenvalue weighted by Crippen LogP contribution is 2.48. The molecular formula is C46H27NO2S. The fraction of sp³-hybridized carbons (Fsp3) is 0. The molecule has 11 aromatic rings. The van der Waals surface area contributed by atoms with Gasteiger partial charge in [-0.2, -0.15) is 0 Å². The quantitative estimate of drug-likeness (QED) is 0.189. The monoisotopic (exact) mass is 657 g/mol. The number of nitrogens with zero attached hydrogens (tertiary/aromatic N) is 1. The van der Waals surface area contributed by atoms with E-state index in [4.69, 9.17) is 8.83 Å². The SMILES string of the molecule is c1ccc2c(c1)ccc1c3cccc(-c4ccc(N(c5cccc6c5oc5ccccc56)c5cccc6sc7ccccc7c56)cc4)c3oc21. The molecule has 11 rings (SSSR count). The van der Waals surface area contributed by atoms with Crippen molar-refractivity contribution in [3.63, 3.8) is 0 Å². The third-order valence-electron chi connectivity index (χ3n) is 10.1. The molecule has 3 heterocycles. The number of furan rings is 2. The van der Waals surface area contributed by atoms with Crippen LogP contribution in [0.5, 0.6) is 0 Å². The van der Waals surface area contributed by atoms with E-state index in [1.807, 2.05) is 23.5 Å². The van der Waals surface area contributed by atoms with E-state index in [0.29, 0.717) is 0 Å². The van der Waals surface area contributed by atoms with Crippen LogP contribution in [0.1, 0.15) is 0 Å². The Morgan fingerprint density at radius 3 is 1.96 bits per heavy atom. The molecule has 0 saturated heterocycles. The number of benzene rings is 8. The highest BCUT2D eigenvalue weighted by molar-refractivity contribution is 7.26. The molecule has 4 heteroatoms. The number of anilines is 3. The summed E-state index contributed by atoms with van der Waals surface area (Å²) in [7, 11) is 0. The zero-order valence-corrected chi connectivity index (χ0v) is 27.6. The lowest BCUT2D eigenvalue weighted by molar-refractivity contribution is 0.669. The van der Waals surface area contributed by atoms with Gasteiger partial charge in [0.2, 0.25) is 0 Å². The first kappa shape index (κ1) is 27.6. The molecule has 8 aromatic carbocycles. The number of thiophene rings is 1. The van der Waals surface area contributed by atoms with Gasteiger partial charge < -0.3 is 13.7 Å². The molecule has 0 aliphatic heterocycles. The Morgan fingerprint density at radius 1 is 0.400 bits per heavy atom. The summed E-state index contributed by atoms with van der Waals surface area (Å²) < 4.78 is 15.9. The van der Waals surface area contributed by atoms with Crippen LogP contribution in [-0.2, 0) is 0 Å². The highest BCUT2D eigenvalue weighted by atomic mass is 32.1. The van der Waals surface area contributed by atoms with Gasteiger partial charge in [-0.05, 0) is 59.5 Å². The van der Waals surface area contributed by atoms with Gasteiger partial charge >= 0.3 is 0 Å². The lowest BCUT2D eigenvalue weighted by Crippen LogP contribution is -2.10. The van der Waals surface area contributed by atoms with Crippen LogP contribution in [0.2, 0.25) is 0 Å². The van der Waals surface area contributed by atoms with Crippen LogP contribution >= 0.6 is 11.3 Å². The summed E-state index contributed by atoms with van der Waals surface area (Å²) in [6.45, 7) is 0. The Morgan fingerprint density at radius 2 is 1.06 bits per heavy atom. The lowest BCUT2D eigenvalue weighted by atomic mass is 10.0. The minimum atomic E-state index is 0.869. The van der Waals surface area contributed by atoms with E-state index < -0.39 is 0 Å². The highest BCUT2D eigenvalue weighted by Gasteiger charge is 2.23. The summed E-state index contributed by atoms with van der Waals surface area (Å²) in [5.41, 5.74) is 8.94. The summed E-state index contributed by atoms with van der Waals surface area (Å²) in [6.07, 6.45) is 0. The second-order valence-electron chi connectivity index (χ2n) is 12.8. The van der Waals surface area contributed by atoms with Crippen molar-refractivity contribution in [3.05, 3.63) is 164 Å². The van der Waals surface area contributed by atoms with Crippen LogP contribution in [0, 0.1) is 0 Å². The normalized spacial score (nSPS) is 12.0. The van der Waals surface area contributed by atoms with Crippen molar-refractivity contribution in [2.45, 2.75) is 0 Å². The van der Waals surface area contributed by atoms with E-state index in [0.717, 1.165) is 77.5 Å². The van der Waals surface area contributed by atoms with Gasteiger partial charge in [-0.15, -0.1) is 11.3 Å². The van der Waals surface area contributed by atoms with Crippen LogP contribution in [-0.4, -0.2) is 0 Å². The van der Waals surface area contributed by atoms with Crippen molar-refractivity contribution in [3.8, 4) is 11.1 Å². The largest absolute Gasteiger partial charge is 0.455 e. The third kappa shape index (κ3) is 3.97. The average Bonchev–Trinajstić information content (AvgIpc) is 3.87. The molecule has 3 aromatic heterocycles. The number of rotatable bonds is 4. The minimum absolute atomic E-state index is 0.869. The third-order valence-corrected chi connectivity index (χ3v) is 11.2. The Kier molecular flexibility index (Phi) is 5.83. The standard InChI is InChI=1S/C46H27NO2S/c1-2-11-31-28(10-1)24-27-36-35-15-7-14-32(44(35)49-45(31)36)29-22-25-30(26-23-29)47(38-17-9-21-42-43(38)37-13-4-6-20-41(37)50-42)39-18-8-16-34-33-12-3-5-19-40(33)48-46(34)39/h1-27H. The molecule has 0 saturated carbocycles. The molecule has 0 aliphatic rings. The topological polar surface area (TPSA) is 29.5 Å². The fourth-order valence-electron chi connectivity index (χ4n) is 7.80. The van der Waals surface area contributed by atoms with Gasteiger partial charge in [0.05, 0.1) is 11.4 Å². The predicted octanol–water partition coefficient (Wildman–Crippen LogP) is 14.1. The van der Waals surface area contributed by atoms with Gasteiger partial charge in [-0.1, -0.05) is 115 Å². The van der Waals surface area contributed by atoms with E-state index >= 15 is 0 Å². The predicted molar refractivity (Wildman–Crippen MR) is 212 cm³/mol. The molecule has 0 aliphatic carbocycles. The average molecular weight is 658 g/mol. The Balaban J connectivity index is 1.13. The van der Waals surface area contributed by atoms with Crippen molar-refractivity contribution >= 4 is 103 Å². The van der Waals surface area contributed by atoms with Gasteiger partial charge in [0.15, 0.2) is 5.58 Å². The van der Waals surface area contributed by atoms with E-state index in [1.54, 1.807) is 0 Å². The molecule has 234 valence electrons. The van der Waals surface area contributed by atoms with Gasteiger partial charge in [-0.25, -0.2) is 0 Å². The maximum absolute atomic E-state index is 6.70. The summed E-state index contributed by atoms with van der Waals surface area (Å²) in [6, 6.07) is 58.2. The first-order valence-corrected chi connectivity index (χ1v) is 17.7. The zero-order valence-electron chi connectivity index (χ0n) is 26.8. The van der Waals surface area contributed by atoms with E-state index in [1.165, 1.54) is 25.6 Å². The fourth-order valence-corrected chi connectivity index (χ4v) is 8.93. The number of hydrogen-bond acceptors (Lipinski definition) is 4. The zero-order chi connectivity index (χ0) is 32.8. The first-order chi connectivity index (χ1) is 24.8. The molecular weight excluding hydrogens is 631 g/mol. The maximum Gasteiger partial charge on any atom is 0.159 e. The van der Waals surface area contributed by atoms with Crippen molar-refractivity contribution in [1.82, 2.24) is 0 Å². The van der Waals surface area contributed by atoms with Crippen molar-refractivity contribution in [2.75, 3.05) is 4.90 Å². The van der Waals surface area contributed by atoms with E-state index in [2.05, 4.69) is 157 Å². The Labute approximate surface area is 290 Å². The number of hydrogen-bond donors (Lipinski definition) is 0. The molecule has 0 spiro atoms. The van der Waals surface area contributed by atoms with Gasteiger partial charge in [0.25, 0.3) is 0 Å². The van der Waals surface area contributed by atoms with Crippen LogP contribution in [0.3, 0.4) is 0 Å². The van der Waals surface area contributed by atoms with Crippen LogP contribution in [0.4, 0.5) is 17.1 Å². The first-order valence-electron chi connectivity index (χ1n) is 16.8. The number of fused-ring (bicyclic) bond motifs is 11. The molecule has 0 unspecified atom stereocenters. The summed E-state index contributed by atoms with van der Waals surface area (Å²) in [4.78, 5) is 2.36. The van der Waals surface area contributed by atoms with Crippen LogP contribution < -0.4 is 4.90 Å². The second kappa shape index (κ2) is 10.6. The number of para-hydroxylation sites is 3. The van der Waals surface area contributed by atoms with Crippen molar-refractivity contribution in [1.29, 1.82) is 0 Å². The second-order valence-corrected chi connectivity index (χ2v) is 13.9. The molecule has 0 bridgehead atoms. The van der Waals surface area contributed by atoms with Gasteiger partial charge in [0, 0.05) is 58.4 Å². The van der Waals surface area contributed by atoms with Crippen molar-refractivity contribution in [2.24, 2.45) is 0 Å². The van der Waals surface area contributed by atoms with E-state index in [9.17, 15) is 0 Å². The molecule has 0 radical (unpaired) electrons. The lowest BCUT2D eigenvalue weighted by Gasteiger charge is -2.26. The smallest absolute Gasteiger partial charge is 0.159 e. The molecule has 0 amide bonds. The minimum Gasteiger partial charge on any atom is -0.455 e. The van der Waals surface area contributed by atoms with E-state index in [-0.39, 0.29) is 0 Å². The van der Waals surface area contributed by atoms with Crippen LogP contribution in [0.15, 0.2) is 173 Å². The maximum atomic E-state index is 6.70. The molecule has 0 N–H and O–H groups in total. The summed E-state index contributed by atoms with van der Waals surface area (Å²) in [5.74, 6) is 0. The van der Waals surface area contributed by atoms with Gasteiger partial charge in [-0.3, -0.25) is 0 Å². The van der Waals surface area contributed by atoms with Crippen LogP contribution in [0.25, 0.3) is 85.9 Å². The Bertz CT molecular complexity index is 3110. The summed E-state index contributed by atoms with van der Waals surface area (Å²) >= 11 is 1.83. The summed E-state index contributed by atoms with van der Waals surface area (Å²) in [5, 5.41) is 9.29. The molecule has 50 heavy (non-hydrogen) atoms. The molecule has 0 atom stereocenters. The van der Waals surface area contributed by atoms with Crippen molar-refractivity contribution < 1.29 is 8.83 Å². The molecule has 3 nitrogen and oxygen atoms in total. The van der Waals surface area contributed by atoms with Gasteiger partial charge in [0.1, 0.15) is 16.7 Å². The Hall–Kier alpha value is -6.36.